The van der Waals surface area contributed by atoms with E-state index in [2.05, 4.69) is 27.7 Å². The van der Waals surface area contributed by atoms with Crippen LogP contribution in [0.15, 0.2) is 10.8 Å². The largest absolute Gasteiger partial charge is 0.485 e. The minimum atomic E-state index is -0.446. The Kier molecular flexibility index (Phi) is 7.58. The number of fused-ring (bicyclic) bond motifs is 5. The Balaban J connectivity index is 1.12. The molecule has 5 aliphatic rings. The number of hydrogen-bond donors (Lipinski definition) is 0. The highest BCUT2D eigenvalue weighted by Gasteiger charge is 2.44. The molecule has 10 heterocycles. The summed E-state index contributed by atoms with van der Waals surface area (Å²) in [6.07, 6.45) is 0. The molecule has 0 unspecified atom stereocenters. The highest BCUT2D eigenvalue weighted by Crippen LogP contribution is 2.66. The molecule has 0 radical (unpaired) electrons. The van der Waals surface area contributed by atoms with E-state index in [1.165, 1.54) is 0 Å². The van der Waals surface area contributed by atoms with Crippen molar-refractivity contribution in [1.82, 2.24) is 0 Å². The molecule has 268 valence electrons. The minimum absolute atomic E-state index is 0.446. The third-order valence-electron chi connectivity index (χ3n) is 9.48. The molecule has 5 aliphatic heterocycles. The molecule has 51 heavy (non-hydrogen) atoms. The maximum absolute atomic E-state index is 6.45. The summed E-state index contributed by atoms with van der Waals surface area (Å²) < 4.78 is 62.7. The number of thiophene rings is 5. The van der Waals surface area contributed by atoms with E-state index < -0.39 is 10.8 Å². The van der Waals surface area contributed by atoms with Crippen LogP contribution >= 0.6 is 56.7 Å². The number of rotatable bonds is 6. The second kappa shape index (κ2) is 12.0. The Morgan fingerprint density at radius 2 is 0.647 bits per heavy atom. The van der Waals surface area contributed by atoms with Gasteiger partial charge in [0.25, 0.3) is 0 Å². The normalized spacial score (nSPS) is 17.4. The fourth-order valence-corrected chi connectivity index (χ4v) is 13.4. The minimum Gasteiger partial charge on any atom is -0.485 e. The maximum atomic E-state index is 6.45. The van der Waals surface area contributed by atoms with Crippen LogP contribution in [0.5, 0.6) is 57.5 Å². The van der Waals surface area contributed by atoms with Gasteiger partial charge in [-0.05, 0) is 27.7 Å². The first kappa shape index (κ1) is 32.2. The Labute approximate surface area is 314 Å². The van der Waals surface area contributed by atoms with Gasteiger partial charge in [-0.3, -0.25) is 0 Å². The highest BCUT2D eigenvalue weighted by atomic mass is 32.1. The van der Waals surface area contributed by atoms with Gasteiger partial charge in [0.05, 0.1) is 39.0 Å². The number of ether oxygens (including phenoxy) is 10. The molecule has 0 saturated carbocycles. The van der Waals surface area contributed by atoms with Crippen molar-refractivity contribution in [3.8, 4) is 77.0 Å². The zero-order valence-electron chi connectivity index (χ0n) is 28.3. The second-order valence-corrected chi connectivity index (χ2v) is 18.3. The predicted molar refractivity (Wildman–Crippen MR) is 199 cm³/mol. The van der Waals surface area contributed by atoms with Gasteiger partial charge in [-0.1, -0.05) is 0 Å². The first-order chi connectivity index (χ1) is 24.8. The van der Waals surface area contributed by atoms with Crippen molar-refractivity contribution in [3.05, 3.63) is 30.3 Å². The van der Waals surface area contributed by atoms with Gasteiger partial charge in [-0.2, -0.15) is 0 Å². The SMILES string of the molecule is CC(C)(c1scc2c1OCCO2)c1sc(-c2sc(-c3sc(C(C)(C)c4scc5c4OCCO5)c4c3OCCO4)c3c2OCCO3)c2c1OCCO2. The summed E-state index contributed by atoms with van der Waals surface area (Å²) in [5.74, 6) is 7.67. The summed E-state index contributed by atoms with van der Waals surface area (Å²) in [4.78, 5) is 8.11. The first-order valence-electron chi connectivity index (χ1n) is 16.9. The molecule has 0 amide bonds. The van der Waals surface area contributed by atoms with Crippen molar-refractivity contribution < 1.29 is 47.4 Å². The molecular weight excluding hydrogens is 753 g/mol. The molecule has 0 bridgehead atoms. The van der Waals surface area contributed by atoms with Crippen molar-refractivity contribution in [2.75, 3.05) is 66.1 Å². The van der Waals surface area contributed by atoms with E-state index in [0.29, 0.717) is 77.6 Å². The topological polar surface area (TPSA) is 92.3 Å². The molecule has 15 heteroatoms. The van der Waals surface area contributed by atoms with E-state index in [1.807, 2.05) is 10.8 Å². The smallest absolute Gasteiger partial charge is 0.181 e. The Morgan fingerprint density at radius 1 is 0.353 bits per heavy atom. The van der Waals surface area contributed by atoms with Gasteiger partial charge < -0.3 is 47.4 Å². The lowest BCUT2D eigenvalue weighted by Gasteiger charge is -2.27. The molecule has 5 aromatic heterocycles. The summed E-state index contributed by atoms with van der Waals surface area (Å²) in [6.45, 7) is 13.8. The fraction of sp³-hybridized carbons (Fsp3) is 0.444. The quantitative estimate of drug-likeness (QED) is 0.166. The van der Waals surface area contributed by atoms with E-state index in [9.17, 15) is 0 Å². The Hall–Kier alpha value is -3.50. The summed E-state index contributed by atoms with van der Waals surface area (Å²) in [5.41, 5.74) is -0.892. The van der Waals surface area contributed by atoms with Gasteiger partial charge in [0.1, 0.15) is 66.1 Å². The van der Waals surface area contributed by atoms with Crippen LogP contribution in [-0.4, -0.2) is 66.1 Å². The van der Waals surface area contributed by atoms with Crippen LogP contribution < -0.4 is 47.4 Å². The van der Waals surface area contributed by atoms with Crippen molar-refractivity contribution in [2.45, 2.75) is 38.5 Å². The third kappa shape index (κ3) is 4.87. The van der Waals surface area contributed by atoms with Gasteiger partial charge >= 0.3 is 0 Å². The maximum Gasteiger partial charge on any atom is 0.181 e. The van der Waals surface area contributed by atoms with E-state index in [1.54, 1.807) is 56.7 Å². The molecule has 10 rings (SSSR count). The van der Waals surface area contributed by atoms with Gasteiger partial charge in [-0.25, -0.2) is 0 Å². The average molecular weight is 787 g/mol. The van der Waals surface area contributed by atoms with Gasteiger partial charge in [0, 0.05) is 21.6 Å². The zero-order valence-corrected chi connectivity index (χ0v) is 32.4. The molecule has 10 nitrogen and oxygen atoms in total. The average Bonchev–Trinajstić information content (AvgIpc) is 3.98. The summed E-state index contributed by atoms with van der Waals surface area (Å²) in [7, 11) is 0. The molecule has 0 aromatic carbocycles. The third-order valence-corrected chi connectivity index (χ3v) is 16.4. The summed E-state index contributed by atoms with van der Waals surface area (Å²) >= 11 is 8.28. The van der Waals surface area contributed by atoms with E-state index in [4.69, 9.17) is 47.4 Å². The molecule has 5 aromatic rings. The van der Waals surface area contributed by atoms with E-state index >= 15 is 0 Å². The van der Waals surface area contributed by atoms with Crippen molar-refractivity contribution in [1.29, 1.82) is 0 Å². The molecule has 0 spiro atoms. The monoisotopic (exact) mass is 786 g/mol. The molecule has 0 N–H and O–H groups in total. The number of hydrogen-bond acceptors (Lipinski definition) is 15. The van der Waals surface area contributed by atoms with Crippen LogP contribution in [0.1, 0.15) is 47.2 Å². The molecule has 0 atom stereocenters. The molecular formula is C36H34O10S5. The van der Waals surface area contributed by atoms with Crippen LogP contribution in [-0.2, 0) is 10.8 Å². The Bertz CT molecular complexity index is 2010. The van der Waals surface area contributed by atoms with Crippen molar-refractivity contribution in [2.24, 2.45) is 0 Å². The summed E-state index contributed by atoms with van der Waals surface area (Å²) in [6, 6.07) is 0. The first-order valence-corrected chi connectivity index (χ1v) is 21.1. The van der Waals surface area contributed by atoms with E-state index in [-0.39, 0.29) is 0 Å². The van der Waals surface area contributed by atoms with Crippen LogP contribution in [0.3, 0.4) is 0 Å². The summed E-state index contributed by atoms with van der Waals surface area (Å²) in [5, 5.41) is 4.07. The molecule has 0 saturated heterocycles. The van der Waals surface area contributed by atoms with Crippen LogP contribution in [0.4, 0.5) is 0 Å². The zero-order chi connectivity index (χ0) is 34.5. The van der Waals surface area contributed by atoms with Gasteiger partial charge in [-0.15, -0.1) is 56.7 Å². The van der Waals surface area contributed by atoms with Gasteiger partial charge in [0.15, 0.2) is 57.5 Å². The second-order valence-electron chi connectivity index (χ2n) is 13.5. The van der Waals surface area contributed by atoms with Gasteiger partial charge in [0.2, 0.25) is 0 Å². The van der Waals surface area contributed by atoms with Crippen molar-refractivity contribution in [3.63, 3.8) is 0 Å². The van der Waals surface area contributed by atoms with E-state index in [0.717, 1.165) is 85.0 Å². The van der Waals surface area contributed by atoms with Crippen LogP contribution in [0.2, 0.25) is 0 Å². The molecule has 0 aliphatic carbocycles. The van der Waals surface area contributed by atoms with Crippen molar-refractivity contribution >= 4 is 56.7 Å². The lowest BCUT2D eigenvalue weighted by Crippen LogP contribution is -2.22. The Morgan fingerprint density at radius 3 is 1.04 bits per heavy atom. The lowest BCUT2D eigenvalue weighted by atomic mass is 9.88. The standard InChI is InChI=1S/C36H34O10S5/c1-35(2,31-19-17(15-47-31)37-5-7-39-19)33-25-23(43-11-13-45-25)29(50-33)27-21-22(42-10-9-41-21)28(49-27)30-24-26(46-14-12-44-24)34(51-30)36(3,4)32-20-18(16-48-32)38-6-8-40-20/h15-16H,5-14H2,1-4H3. The fourth-order valence-electron chi connectivity index (χ4n) is 7.07. The van der Waals surface area contributed by atoms with Crippen LogP contribution in [0.25, 0.3) is 19.5 Å². The predicted octanol–water partition coefficient (Wildman–Crippen LogP) is 8.84. The lowest BCUT2D eigenvalue weighted by molar-refractivity contribution is 0.167. The molecule has 0 fully saturated rings. The highest BCUT2D eigenvalue weighted by molar-refractivity contribution is 7.28. The van der Waals surface area contributed by atoms with Crippen LogP contribution in [0, 0.1) is 0 Å².